The monoisotopic (exact) mass is 341 g/mol. The smallest absolute Gasteiger partial charge is 0.264 e. The Morgan fingerprint density at radius 1 is 1.12 bits per heavy atom. The van der Waals surface area contributed by atoms with Crippen molar-refractivity contribution in [3.05, 3.63) is 52.0 Å². The van der Waals surface area contributed by atoms with Gasteiger partial charge < -0.3 is 9.80 Å². The Morgan fingerprint density at radius 2 is 1.96 bits per heavy atom. The Bertz CT molecular complexity index is 753. The molecule has 1 unspecified atom stereocenters. The lowest BCUT2D eigenvalue weighted by atomic mass is 9.93. The molecule has 1 fully saturated rings. The van der Waals surface area contributed by atoms with E-state index >= 15 is 0 Å². The Balaban J connectivity index is 1.65. The van der Waals surface area contributed by atoms with Crippen LogP contribution in [0.2, 0.25) is 0 Å². The molecule has 0 saturated carbocycles. The maximum Gasteiger partial charge on any atom is 0.264 e. The van der Waals surface area contributed by atoms with Crippen molar-refractivity contribution < 1.29 is 9.59 Å². The number of fused-ring (bicyclic) bond motifs is 1. The van der Waals surface area contributed by atoms with Crippen LogP contribution >= 0.6 is 11.3 Å². The maximum absolute atomic E-state index is 13.0. The quantitative estimate of drug-likeness (QED) is 0.843. The van der Waals surface area contributed by atoms with E-state index in [-0.39, 0.29) is 17.7 Å². The highest BCUT2D eigenvalue weighted by molar-refractivity contribution is 7.12. The molecule has 1 saturated heterocycles. The fourth-order valence-corrected chi connectivity index (χ4v) is 4.23. The molecule has 6 heteroatoms. The van der Waals surface area contributed by atoms with Gasteiger partial charge >= 0.3 is 0 Å². The van der Waals surface area contributed by atoms with E-state index in [1.54, 1.807) is 11.1 Å². The molecule has 0 radical (unpaired) electrons. The van der Waals surface area contributed by atoms with Gasteiger partial charge in [0.1, 0.15) is 0 Å². The lowest BCUT2D eigenvalue weighted by Crippen LogP contribution is -2.44. The molecule has 5 nitrogen and oxygen atoms in total. The van der Waals surface area contributed by atoms with Crippen molar-refractivity contribution in [3.63, 3.8) is 0 Å². The van der Waals surface area contributed by atoms with E-state index in [9.17, 15) is 9.59 Å². The molecule has 2 amide bonds. The topological polar surface area (TPSA) is 53.5 Å². The summed E-state index contributed by atoms with van der Waals surface area (Å²) < 4.78 is 0. The van der Waals surface area contributed by atoms with Crippen LogP contribution in [0.5, 0.6) is 0 Å². The molecule has 0 aromatic carbocycles. The molecule has 2 aromatic heterocycles. The fraction of sp³-hybridized carbons (Fsp3) is 0.389. The maximum atomic E-state index is 13.0. The lowest BCUT2D eigenvalue weighted by Gasteiger charge is -2.34. The predicted octanol–water partition coefficient (Wildman–Crippen LogP) is 2.51. The summed E-state index contributed by atoms with van der Waals surface area (Å²) in [5.74, 6) is -0.244. The molecule has 0 bridgehead atoms. The SMILES string of the molecule is O=C(c1cccs1)N1Cc2cccnc2C(C(=O)N2CCCC2)C1. The number of carbonyl (C=O) groups excluding carboxylic acids is 2. The van der Waals surface area contributed by atoms with E-state index in [1.165, 1.54) is 11.3 Å². The van der Waals surface area contributed by atoms with Crippen LogP contribution in [0.15, 0.2) is 35.8 Å². The molecule has 2 aliphatic rings. The molecule has 2 aliphatic heterocycles. The van der Waals surface area contributed by atoms with Crippen molar-refractivity contribution in [1.29, 1.82) is 0 Å². The highest BCUT2D eigenvalue weighted by Gasteiger charge is 2.36. The zero-order valence-electron chi connectivity index (χ0n) is 13.4. The summed E-state index contributed by atoms with van der Waals surface area (Å²) in [6.07, 6.45) is 3.86. The molecule has 0 spiro atoms. The summed E-state index contributed by atoms with van der Waals surface area (Å²) in [5.41, 5.74) is 1.82. The average Bonchev–Trinajstić information content (AvgIpc) is 3.32. The number of pyridine rings is 1. The van der Waals surface area contributed by atoms with Crippen LogP contribution in [0, 0.1) is 0 Å². The first-order chi connectivity index (χ1) is 11.7. The summed E-state index contributed by atoms with van der Waals surface area (Å²) in [6, 6.07) is 7.56. The number of amides is 2. The number of carbonyl (C=O) groups is 2. The molecule has 4 rings (SSSR count). The first-order valence-corrected chi connectivity index (χ1v) is 9.17. The van der Waals surface area contributed by atoms with Gasteiger partial charge in [-0.15, -0.1) is 11.3 Å². The van der Waals surface area contributed by atoms with Crippen LogP contribution in [0.4, 0.5) is 0 Å². The summed E-state index contributed by atoms with van der Waals surface area (Å²) in [5, 5.41) is 1.90. The number of hydrogen-bond acceptors (Lipinski definition) is 4. The zero-order chi connectivity index (χ0) is 16.5. The number of hydrogen-bond donors (Lipinski definition) is 0. The van der Waals surface area contributed by atoms with E-state index < -0.39 is 0 Å². The van der Waals surface area contributed by atoms with E-state index in [0.29, 0.717) is 13.1 Å². The fourth-order valence-electron chi connectivity index (χ4n) is 3.54. The van der Waals surface area contributed by atoms with Crippen LogP contribution < -0.4 is 0 Å². The molecular weight excluding hydrogens is 322 g/mol. The third kappa shape index (κ3) is 2.71. The first-order valence-electron chi connectivity index (χ1n) is 8.29. The summed E-state index contributed by atoms with van der Waals surface area (Å²) >= 11 is 1.44. The van der Waals surface area contributed by atoms with Gasteiger partial charge in [0.15, 0.2) is 0 Å². The van der Waals surface area contributed by atoms with E-state index in [1.807, 2.05) is 34.5 Å². The van der Waals surface area contributed by atoms with Gasteiger partial charge in [0, 0.05) is 32.4 Å². The van der Waals surface area contributed by atoms with Gasteiger partial charge in [-0.2, -0.15) is 0 Å². The highest BCUT2D eigenvalue weighted by atomic mass is 32.1. The van der Waals surface area contributed by atoms with Gasteiger partial charge in [-0.25, -0.2) is 0 Å². The second-order valence-corrected chi connectivity index (χ2v) is 7.24. The third-order valence-corrected chi connectivity index (χ3v) is 5.61. The van der Waals surface area contributed by atoms with Gasteiger partial charge in [-0.05, 0) is 35.9 Å². The molecular formula is C18H19N3O2S. The largest absolute Gasteiger partial charge is 0.342 e. The highest BCUT2D eigenvalue weighted by Crippen LogP contribution is 2.30. The van der Waals surface area contributed by atoms with E-state index in [0.717, 1.165) is 42.1 Å². The van der Waals surface area contributed by atoms with Crippen LogP contribution in [-0.4, -0.2) is 46.2 Å². The van der Waals surface area contributed by atoms with Crippen LogP contribution in [0.1, 0.15) is 39.7 Å². The number of likely N-dealkylation sites (tertiary alicyclic amines) is 1. The van der Waals surface area contributed by atoms with Crippen LogP contribution in [0.3, 0.4) is 0 Å². The summed E-state index contributed by atoms with van der Waals surface area (Å²) in [6.45, 7) is 2.56. The van der Waals surface area contributed by atoms with Crippen molar-refractivity contribution in [2.45, 2.75) is 25.3 Å². The van der Waals surface area contributed by atoms with Gasteiger partial charge in [-0.1, -0.05) is 12.1 Å². The minimum absolute atomic E-state index is 0.00118. The van der Waals surface area contributed by atoms with Gasteiger partial charge in [0.2, 0.25) is 5.91 Å². The second kappa shape index (κ2) is 6.36. The van der Waals surface area contributed by atoms with E-state index in [4.69, 9.17) is 0 Å². The van der Waals surface area contributed by atoms with Crippen molar-refractivity contribution in [2.75, 3.05) is 19.6 Å². The Hall–Kier alpha value is -2.21. The Labute approximate surface area is 144 Å². The van der Waals surface area contributed by atoms with Gasteiger partial charge in [-0.3, -0.25) is 14.6 Å². The molecule has 4 heterocycles. The van der Waals surface area contributed by atoms with Crippen LogP contribution in [-0.2, 0) is 11.3 Å². The lowest BCUT2D eigenvalue weighted by molar-refractivity contribution is -0.132. The van der Waals surface area contributed by atoms with Gasteiger partial charge in [0.25, 0.3) is 5.91 Å². The molecule has 24 heavy (non-hydrogen) atoms. The zero-order valence-corrected chi connectivity index (χ0v) is 14.2. The summed E-state index contributed by atoms with van der Waals surface area (Å²) in [7, 11) is 0. The number of aromatic nitrogens is 1. The molecule has 124 valence electrons. The first kappa shape index (κ1) is 15.3. The number of thiophene rings is 1. The van der Waals surface area contributed by atoms with Crippen LogP contribution in [0.25, 0.3) is 0 Å². The van der Waals surface area contributed by atoms with Gasteiger partial charge in [0.05, 0.1) is 16.5 Å². The predicted molar refractivity (Wildman–Crippen MR) is 91.9 cm³/mol. The molecule has 0 aliphatic carbocycles. The molecule has 0 N–H and O–H groups in total. The second-order valence-electron chi connectivity index (χ2n) is 6.30. The average molecular weight is 341 g/mol. The summed E-state index contributed by atoms with van der Waals surface area (Å²) in [4.78, 5) is 34.6. The number of rotatable bonds is 2. The Kier molecular flexibility index (Phi) is 4.06. The van der Waals surface area contributed by atoms with Crippen molar-refractivity contribution in [2.24, 2.45) is 0 Å². The van der Waals surface area contributed by atoms with Crippen molar-refractivity contribution in [1.82, 2.24) is 14.8 Å². The minimum Gasteiger partial charge on any atom is -0.342 e. The van der Waals surface area contributed by atoms with E-state index in [2.05, 4.69) is 4.98 Å². The van der Waals surface area contributed by atoms with Crippen molar-refractivity contribution >= 4 is 23.2 Å². The normalized spacial score (nSPS) is 20.1. The Morgan fingerprint density at radius 3 is 2.71 bits per heavy atom. The molecule has 1 atom stereocenters. The third-order valence-electron chi connectivity index (χ3n) is 4.76. The number of nitrogens with zero attached hydrogens (tertiary/aromatic N) is 3. The minimum atomic E-state index is -0.350. The van der Waals surface area contributed by atoms with Crippen molar-refractivity contribution in [3.8, 4) is 0 Å². The molecule has 2 aromatic rings. The standard InChI is InChI=1S/C18H19N3O2S/c22-17(20-8-1-2-9-20)14-12-21(18(23)15-6-4-10-24-15)11-13-5-3-7-19-16(13)14/h3-7,10,14H,1-2,8-9,11-12H2.